The molecule has 1 aromatic carbocycles. The van der Waals surface area contributed by atoms with Crippen LogP contribution in [0.3, 0.4) is 0 Å². The van der Waals surface area contributed by atoms with Gasteiger partial charge in [0.25, 0.3) is 0 Å². The third kappa shape index (κ3) is 2.88. The van der Waals surface area contributed by atoms with Crippen molar-refractivity contribution in [2.45, 2.75) is 6.61 Å². The van der Waals surface area contributed by atoms with E-state index < -0.39 is 5.82 Å². The largest absolute Gasteiger partial charge is 0.484 e. The van der Waals surface area contributed by atoms with E-state index in [0.717, 1.165) is 5.56 Å². The zero-order chi connectivity index (χ0) is 13.0. The number of para-hydroxylation sites is 1. The van der Waals surface area contributed by atoms with Crippen molar-refractivity contribution in [2.24, 2.45) is 5.84 Å². The molecule has 0 atom stereocenters. The minimum absolute atomic E-state index is 0.0400. The molecule has 0 spiro atoms. The SMILES string of the molecule is NNc1cc(COc2c(F)cccc2Cl)ccn1. The quantitative estimate of drug-likeness (QED) is 0.661. The lowest BCUT2D eigenvalue weighted by Crippen LogP contribution is -2.09. The maximum Gasteiger partial charge on any atom is 0.174 e. The van der Waals surface area contributed by atoms with Crippen molar-refractivity contribution < 1.29 is 9.13 Å². The number of halogens is 2. The lowest BCUT2D eigenvalue weighted by Gasteiger charge is -2.09. The number of anilines is 1. The molecular weight excluding hydrogens is 257 g/mol. The highest BCUT2D eigenvalue weighted by Crippen LogP contribution is 2.28. The summed E-state index contributed by atoms with van der Waals surface area (Å²) in [6.07, 6.45) is 1.58. The number of rotatable bonds is 4. The van der Waals surface area contributed by atoms with Crippen molar-refractivity contribution in [3.63, 3.8) is 0 Å². The lowest BCUT2D eigenvalue weighted by molar-refractivity contribution is 0.290. The molecular formula is C12H11ClFN3O. The van der Waals surface area contributed by atoms with Gasteiger partial charge in [0.1, 0.15) is 12.4 Å². The number of nitrogens with two attached hydrogens (primary N) is 1. The van der Waals surface area contributed by atoms with Crippen molar-refractivity contribution >= 4 is 17.4 Å². The number of nitrogens with zero attached hydrogens (tertiary/aromatic N) is 1. The molecule has 0 aliphatic heterocycles. The first-order valence-corrected chi connectivity index (χ1v) is 5.57. The summed E-state index contributed by atoms with van der Waals surface area (Å²) < 4.78 is 18.8. The fraction of sp³-hybridized carbons (Fsp3) is 0.0833. The number of benzene rings is 1. The zero-order valence-electron chi connectivity index (χ0n) is 9.36. The molecule has 0 amide bonds. The molecule has 1 heterocycles. The van der Waals surface area contributed by atoms with E-state index in [9.17, 15) is 4.39 Å². The molecule has 0 fully saturated rings. The Morgan fingerprint density at radius 1 is 1.39 bits per heavy atom. The van der Waals surface area contributed by atoms with Gasteiger partial charge in [0.2, 0.25) is 0 Å². The molecule has 0 unspecified atom stereocenters. The Morgan fingerprint density at radius 2 is 2.22 bits per heavy atom. The first kappa shape index (κ1) is 12.6. The number of hydrogen-bond donors (Lipinski definition) is 2. The standard InChI is InChI=1S/C12H11ClFN3O/c13-9-2-1-3-10(14)12(9)18-7-8-4-5-16-11(6-8)17-15/h1-6H,7,15H2,(H,16,17). The van der Waals surface area contributed by atoms with Crippen LogP contribution < -0.4 is 16.0 Å². The second kappa shape index (κ2) is 5.66. The first-order valence-electron chi connectivity index (χ1n) is 5.19. The van der Waals surface area contributed by atoms with E-state index in [1.54, 1.807) is 24.4 Å². The molecule has 0 aliphatic carbocycles. The van der Waals surface area contributed by atoms with Crippen LogP contribution in [-0.2, 0) is 6.61 Å². The van der Waals surface area contributed by atoms with Crippen LogP contribution in [0, 0.1) is 5.82 Å². The van der Waals surface area contributed by atoms with Gasteiger partial charge in [-0.05, 0) is 29.8 Å². The second-order valence-corrected chi connectivity index (χ2v) is 3.94. The Hall–Kier alpha value is -1.85. The highest BCUT2D eigenvalue weighted by atomic mass is 35.5. The molecule has 0 aliphatic rings. The average molecular weight is 268 g/mol. The van der Waals surface area contributed by atoms with Crippen molar-refractivity contribution in [1.29, 1.82) is 0 Å². The Bertz CT molecular complexity index is 530. The summed E-state index contributed by atoms with van der Waals surface area (Å²) in [7, 11) is 0. The first-order chi connectivity index (χ1) is 8.70. The van der Waals surface area contributed by atoms with Gasteiger partial charge in [-0.1, -0.05) is 17.7 Å². The van der Waals surface area contributed by atoms with Crippen molar-refractivity contribution in [1.82, 2.24) is 4.98 Å². The molecule has 0 radical (unpaired) electrons. The number of nitrogen functional groups attached to an aromatic ring is 1. The number of ether oxygens (including phenoxy) is 1. The van der Waals surface area contributed by atoms with Gasteiger partial charge in [-0.2, -0.15) is 0 Å². The fourth-order valence-electron chi connectivity index (χ4n) is 1.42. The Morgan fingerprint density at radius 3 is 2.94 bits per heavy atom. The van der Waals surface area contributed by atoms with Gasteiger partial charge in [0, 0.05) is 6.20 Å². The summed E-state index contributed by atoms with van der Waals surface area (Å²) in [5, 5.41) is 0.237. The minimum atomic E-state index is -0.492. The molecule has 6 heteroatoms. The second-order valence-electron chi connectivity index (χ2n) is 3.53. The fourth-order valence-corrected chi connectivity index (χ4v) is 1.64. The van der Waals surface area contributed by atoms with Gasteiger partial charge in [0.05, 0.1) is 5.02 Å². The van der Waals surface area contributed by atoms with E-state index >= 15 is 0 Å². The van der Waals surface area contributed by atoms with E-state index in [1.807, 2.05) is 0 Å². The van der Waals surface area contributed by atoms with Crippen molar-refractivity contribution in [3.8, 4) is 5.75 Å². The molecule has 3 N–H and O–H groups in total. The van der Waals surface area contributed by atoms with Gasteiger partial charge in [0.15, 0.2) is 11.6 Å². The molecule has 4 nitrogen and oxygen atoms in total. The van der Waals surface area contributed by atoms with Gasteiger partial charge in [-0.3, -0.25) is 0 Å². The predicted octanol–water partition coefficient (Wildman–Crippen LogP) is 2.74. The van der Waals surface area contributed by atoms with Crippen LogP contribution in [-0.4, -0.2) is 4.98 Å². The molecule has 0 saturated carbocycles. The molecule has 18 heavy (non-hydrogen) atoms. The van der Waals surface area contributed by atoms with Crippen molar-refractivity contribution in [2.75, 3.05) is 5.43 Å². The number of hydrogen-bond acceptors (Lipinski definition) is 4. The average Bonchev–Trinajstić information content (AvgIpc) is 2.38. The van der Waals surface area contributed by atoms with Crippen LogP contribution in [0.4, 0.5) is 10.2 Å². The van der Waals surface area contributed by atoms with Gasteiger partial charge in [-0.15, -0.1) is 0 Å². The molecule has 94 valence electrons. The summed E-state index contributed by atoms with van der Waals surface area (Å²) in [5.41, 5.74) is 3.22. The van der Waals surface area contributed by atoms with Crippen LogP contribution >= 0.6 is 11.6 Å². The Kier molecular flexibility index (Phi) is 3.96. The summed E-state index contributed by atoms with van der Waals surface area (Å²) in [4.78, 5) is 3.96. The van der Waals surface area contributed by atoms with Crippen LogP contribution in [0.2, 0.25) is 5.02 Å². The minimum Gasteiger partial charge on any atom is -0.484 e. The van der Waals surface area contributed by atoms with Crippen LogP contribution in [0.5, 0.6) is 5.75 Å². The van der Waals surface area contributed by atoms with Gasteiger partial charge >= 0.3 is 0 Å². The lowest BCUT2D eigenvalue weighted by atomic mass is 10.3. The number of hydrazine groups is 1. The summed E-state index contributed by atoms with van der Waals surface area (Å²) in [6, 6.07) is 7.83. The summed E-state index contributed by atoms with van der Waals surface area (Å²) >= 11 is 5.84. The van der Waals surface area contributed by atoms with Crippen LogP contribution in [0.15, 0.2) is 36.5 Å². The molecule has 1 aromatic heterocycles. The van der Waals surface area contributed by atoms with E-state index in [-0.39, 0.29) is 17.4 Å². The van der Waals surface area contributed by atoms with Gasteiger partial charge < -0.3 is 10.2 Å². The van der Waals surface area contributed by atoms with Gasteiger partial charge in [-0.25, -0.2) is 15.2 Å². The Labute approximate surface area is 109 Å². The van der Waals surface area contributed by atoms with E-state index in [0.29, 0.717) is 5.82 Å². The van der Waals surface area contributed by atoms with E-state index in [1.165, 1.54) is 12.1 Å². The highest BCUT2D eigenvalue weighted by molar-refractivity contribution is 6.32. The predicted molar refractivity (Wildman–Crippen MR) is 67.8 cm³/mol. The number of pyridine rings is 1. The molecule has 2 rings (SSSR count). The summed E-state index contributed by atoms with van der Waals surface area (Å²) in [5.74, 6) is 5.30. The smallest absolute Gasteiger partial charge is 0.174 e. The molecule has 0 saturated heterocycles. The van der Waals surface area contributed by atoms with Crippen LogP contribution in [0.1, 0.15) is 5.56 Å². The highest BCUT2D eigenvalue weighted by Gasteiger charge is 2.08. The third-order valence-corrected chi connectivity index (χ3v) is 2.57. The maximum atomic E-state index is 13.4. The number of nitrogens with one attached hydrogen (secondary N) is 1. The Balaban J connectivity index is 2.11. The zero-order valence-corrected chi connectivity index (χ0v) is 10.1. The summed E-state index contributed by atoms with van der Waals surface area (Å²) in [6.45, 7) is 0.178. The topological polar surface area (TPSA) is 60.2 Å². The van der Waals surface area contributed by atoms with Crippen LogP contribution in [0.25, 0.3) is 0 Å². The maximum absolute atomic E-state index is 13.4. The van der Waals surface area contributed by atoms with Crippen molar-refractivity contribution in [3.05, 3.63) is 52.9 Å². The van der Waals surface area contributed by atoms with E-state index in [4.69, 9.17) is 22.2 Å². The molecule has 2 aromatic rings. The third-order valence-electron chi connectivity index (χ3n) is 2.27. The van der Waals surface area contributed by atoms with E-state index in [2.05, 4.69) is 10.4 Å². The molecule has 0 bridgehead atoms. The monoisotopic (exact) mass is 267 g/mol. The normalized spacial score (nSPS) is 10.2. The number of aromatic nitrogens is 1.